The predicted molar refractivity (Wildman–Crippen MR) is 443 cm³/mol. The number of fused-ring (bicyclic) bond motifs is 1. The van der Waals surface area contributed by atoms with Gasteiger partial charge in [-0.15, -0.1) is 0 Å². The van der Waals surface area contributed by atoms with Gasteiger partial charge in [-0.3, -0.25) is 67.5 Å². The van der Waals surface area contributed by atoms with Gasteiger partial charge in [-0.1, -0.05) is 167 Å². The van der Waals surface area contributed by atoms with Gasteiger partial charge in [0, 0.05) is 112 Å². The Kier molecular flexibility index (Phi) is 51.0. The first-order valence-corrected chi connectivity index (χ1v) is 41.9. The SMILES string of the molecule is CCCCCCCCCCCCCCCC(=O)N[C@H](C(=O)C[C@@H](CC(=O)O)C(=O)N[C@@H](CCCN=C(N)N)C(=O)C[C@@H](CC(C)C)C(=O)NC)[C@@H](C)O.CSCC[C@H](CC(=O)[C@H](Cc1c[nH]c2ccccc12)NC(=O)[C@H](CCCCN)CC(=O)[C@@H](C)CCCN=C(N)N)C(=O)N[C@@H](Cc1ccccc1)C(=O)C[C@@H](C)C(N)=O. The van der Waals surface area contributed by atoms with Crippen LogP contribution in [0.1, 0.15) is 239 Å². The number of amides is 6. The van der Waals surface area contributed by atoms with E-state index in [1.54, 1.807) is 6.92 Å². The number of hydrogen-bond donors (Lipinski definition) is 14. The fourth-order valence-corrected chi connectivity index (χ4v) is 14.0. The van der Waals surface area contributed by atoms with Crippen molar-refractivity contribution in [2.24, 2.45) is 85.8 Å². The summed E-state index contributed by atoms with van der Waals surface area (Å²) in [6.45, 7) is 11.8. The lowest BCUT2D eigenvalue weighted by atomic mass is 9.88. The molecule has 20 N–H and O–H groups in total. The van der Waals surface area contributed by atoms with Crippen molar-refractivity contribution in [1.82, 2.24) is 31.6 Å². The van der Waals surface area contributed by atoms with Gasteiger partial charge in [0.15, 0.2) is 35.1 Å². The van der Waals surface area contributed by atoms with E-state index in [1.807, 2.05) is 87.8 Å². The minimum absolute atomic E-state index is 0.00216. The summed E-state index contributed by atoms with van der Waals surface area (Å²) in [5, 5.41) is 34.5. The van der Waals surface area contributed by atoms with Crippen LogP contribution < -0.4 is 61.0 Å². The average Bonchev–Trinajstić information content (AvgIpc) is 1.62. The van der Waals surface area contributed by atoms with E-state index >= 15 is 0 Å². The van der Waals surface area contributed by atoms with Crippen LogP contribution in [0, 0.1) is 41.4 Å². The Morgan fingerprint density at radius 2 is 1.00 bits per heavy atom. The highest BCUT2D eigenvalue weighted by Gasteiger charge is 2.37. The molecule has 0 aliphatic heterocycles. The minimum Gasteiger partial charge on any atom is -0.481 e. The molecule has 29 heteroatoms. The van der Waals surface area contributed by atoms with E-state index in [0.29, 0.717) is 76.6 Å². The topological polar surface area (TPSA) is 502 Å². The molecule has 3 rings (SSSR count). The van der Waals surface area contributed by atoms with Gasteiger partial charge in [-0.05, 0) is 113 Å². The van der Waals surface area contributed by atoms with E-state index in [4.69, 9.17) is 34.4 Å². The zero-order chi connectivity index (χ0) is 83.5. The number of H-pyrrole nitrogens is 1. The molecule has 3 aromatic rings. The van der Waals surface area contributed by atoms with Crippen molar-refractivity contribution in [3.8, 4) is 0 Å². The minimum atomic E-state index is -1.39. The number of carbonyl (C=O) groups excluding carboxylic acids is 11. The molecular formula is C83H136N14O14S. The highest BCUT2D eigenvalue weighted by molar-refractivity contribution is 7.98. The van der Waals surface area contributed by atoms with Gasteiger partial charge in [0.1, 0.15) is 11.8 Å². The molecule has 11 atom stereocenters. The number of carboxylic acid groups (broad SMARTS) is 1. The fraction of sp³-hybridized carbons (Fsp3) is 0.663. The number of thioether (sulfide) groups is 1. The van der Waals surface area contributed by atoms with Gasteiger partial charge in [-0.25, -0.2) is 0 Å². The number of hydrogen-bond acceptors (Lipinski definition) is 17. The molecule has 0 unspecified atom stereocenters. The number of aliphatic imine (C=N–C) groups is 2. The van der Waals surface area contributed by atoms with Crippen molar-refractivity contribution in [2.45, 2.75) is 271 Å². The third-order valence-corrected chi connectivity index (χ3v) is 20.7. The number of nitrogens with one attached hydrogen (secondary N) is 6. The standard InChI is InChI=1S/C44H64N8O6S.C39H72N6O8/c1-28(12-11-20-49-44(47)48)38(53)25-31(15-9-10-19-45)42(57)52-37(24-33-27-50-35-17-8-7-16-34(33)35)40(55)26-32(18-21-59-3)43(58)51-36(23-30-13-5-4-6-14-30)39(54)22-29(2)41(46)56;1-6-7-8-9-10-11-12-13-14-15-16-17-18-21-34(49)45-36(28(4)46)33(48)25-30(26-35(50)51)38(53)44-31(20-19-22-43-39(40)41)32(47)24-29(23-27(2)3)37(52)42-5/h4-8,13-14,16-17,27-29,31-32,36-37,50H,9-12,15,18-26,45H2,1-3H3,(H2,46,56)(H,51,58)(H,52,57)(H4,47,48,49);27-31,36,46H,6-26H2,1-5H3,(H,42,52)(H,44,53)(H,45,49)(H,50,51)(H4,40,41,43)/t28-,29+,31+,32+,36-,37-;28-,29-,30+,31+,36+/m01/s1. The maximum atomic E-state index is 14.5. The summed E-state index contributed by atoms with van der Waals surface area (Å²) in [7, 11) is 1.48. The summed E-state index contributed by atoms with van der Waals surface area (Å²) in [4.78, 5) is 170. The number of rotatable bonds is 62. The number of benzene rings is 2. The van der Waals surface area contributed by atoms with Crippen LogP contribution in [0.5, 0.6) is 0 Å². The van der Waals surface area contributed by atoms with Crippen molar-refractivity contribution < 1.29 is 67.7 Å². The van der Waals surface area contributed by atoms with Gasteiger partial charge in [-0.2, -0.15) is 11.8 Å². The smallest absolute Gasteiger partial charge is 0.304 e. The second-order valence-corrected chi connectivity index (χ2v) is 31.4. The number of ketones is 5. The summed E-state index contributed by atoms with van der Waals surface area (Å²) < 4.78 is 0. The number of unbranched alkanes of at least 4 members (excludes halogenated alkanes) is 13. The first-order valence-electron chi connectivity index (χ1n) is 40.5. The Labute approximate surface area is 668 Å². The predicted octanol–water partition coefficient (Wildman–Crippen LogP) is 8.02. The normalized spacial score (nSPS) is 14.2. The van der Waals surface area contributed by atoms with Gasteiger partial charge < -0.3 is 76.2 Å². The monoisotopic (exact) mass is 1590 g/mol. The Balaban J connectivity index is 0.000000765. The summed E-state index contributed by atoms with van der Waals surface area (Å²) in [5.41, 5.74) is 35.4. The molecule has 0 bridgehead atoms. The Morgan fingerprint density at radius 1 is 0.500 bits per heavy atom. The van der Waals surface area contributed by atoms with Crippen molar-refractivity contribution in [3.63, 3.8) is 0 Å². The zero-order valence-corrected chi connectivity index (χ0v) is 68.8. The molecule has 6 amide bonds. The average molecular weight is 1590 g/mol. The summed E-state index contributed by atoms with van der Waals surface area (Å²) in [5.74, 6) is -10.4. The number of guanidine groups is 2. The fourth-order valence-electron chi connectivity index (χ4n) is 13.4. The highest BCUT2D eigenvalue weighted by Crippen LogP contribution is 2.26. The number of aliphatic hydroxyl groups is 1. The van der Waals surface area contributed by atoms with Gasteiger partial charge in [0.2, 0.25) is 35.4 Å². The molecule has 628 valence electrons. The number of carbonyl (C=O) groups is 12. The van der Waals surface area contributed by atoms with Gasteiger partial charge >= 0.3 is 5.97 Å². The molecule has 1 aromatic heterocycles. The van der Waals surface area contributed by atoms with Crippen LogP contribution in [-0.2, 0) is 70.4 Å². The van der Waals surface area contributed by atoms with Crippen LogP contribution in [0.4, 0.5) is 0 Å². The molecule has 0 fully saturated rings. The number of nitrogens with zero attached hydrogens (tertiary/aromatic N) is 2. The quantitative estimate of drug-likeness (QED) is 0.0144. The van der Waals surface area contributed by atoms with E-state index in [0.717, 1.165) is 41.3 Å². The van der Waals surface area contributed by atoms with Gasteiger partial charge in [0.05, 0.1) is 36.6 Å². The van der Waals surface area contributed by atoms with Crippen LogP contribution in [-0.4, -0.2) is 166 Å². The van der Waals surface area contributed by atoms with Gasteiger partial charge in [0.25, 0.3) is 0 Å². The molecular weight excluding hydrogens is 1450 g/mol. The lowest BCUT2D eigenvalue weighted by molar-refractivity contribution is -0.143. The van der Waals surface area contributed by atoms with E-state index in [9.17, 15) is 67.7 Å². The van der Waals surface area contributed by atoms with E-state index in [1.165, 1.54) is 83.5 Å². The Morgan fingerprint density at radius 3 is 1.54 bits per heavy atom. The maximum Gasteiger partial charge on any atom is 0.304 e. The number of Topliss-reactive ketones (excluding diaryl/α,β-unsaturated/α-hetero) is 5. The molecule has 0 aliphatic rings. The number of primary amides is 1. The lowest BCUT2D eigenvalue weighted by Crippen LogP contribution is -2.50. The molecule has 1 heterocycles. The zero-order valence-electron chi connectivity index (χ0n) is 68.0. The molecule has 0 radical (unpaired) electrons. The number of aliphatic carboxylic acids is 1. The number of nitrogens with two attached hydrogens (primary N) is 6. The molecule has 0 spiro atoms. The Hall–Kier alpha value is -8.57. The van der Waals surface area contributed by atoms with Crippen molar-refractivity contribution in [2.75, 3.05) is 38.7 Å². The van der Waals surface area contributed by atoms with Crippen LogP contribution >= 0.6 is 11.8 Å². The first kappa shape index (κ1) is 99.5. The summed E-state index contributed by atoms with van der Waals surface area (Å²) >= 11 is 1.52. The number of aliphatic hydroxyl groups excluding tert-OH is 1. The van der Waals surface area contributed by atoms with Crippen LogP contribution in [0.15, 0.2) is 70.8 Å². The number of carboxylic acids is 1. The molecule has 112 heavy (non-hydrogen) atoms. The maximum absolute atomic E-state index is 14.5. The number of aromatic nitrogens is 1. The number of aromatic amines is 1. The second-order valence-electron chi connectivity index (χ2n) is 30.4. The van der Waals surface area contributed by atoms with E-state index < -0.39 is 120 Å². The molecule has 28 nitrogen and oxygen atoms in total. The van der Waals surface area contributed by atoms with E-state index in [-0.39, 0.29) is 105 Å². The number of para-hydroxylation sites is 1. The van der Waals surface area contributed by atoms with Crippen molar-refractivity contribution in [1.29, 1.82) is 0 Å². The van der Waals surface area contributed by atoms with Crippen LogP contribution in [0.2, 0.25) is 0 Å². The molecule has 0 saturated carbocycles. The third kappa shape index (κ3) is 42.3. The van der Waals surface area contributed by atoms with Crippen molar-refractivity contribution >= 4 is 105 Å². The molecule has 0 aliphatic carbocycles. The molecule has 0 saturated heterocycles. The Bertz CT molecular complexity index is 3410. The molecule has 2 aromatic carbocycles. The first-order chi connectivity index (χ1) is 53.3. The largest absolute Gasteiger partial charge is 0.481 e. The summed E-state index contributed by atoms with van der Waals surface area (Å²) in [6, 6.07) is 12.5. The second kappa shape index (κ2) is 57.5. The van der Waals surface area contributed by atoms with E-state index in [2.05, 4.69) is 48.5 Å². The van der Waals surface area contributed by atoms with Crippen LogP contribution in [0.3, 0.4) is 0 Å². The van der Waals surface area contributed by atoms with Crippen LogP contribution in [0.25, 0.3) is 10.9 Å². The van der Waals surface area contributed by atoms with Crippen molar-refractivity contribution in [3.05, 3.63) is 71.9 Å². The highest BCUT2D eigenvalue weighted by atomic mass is 32.2. The third-order valence-electron chi connectivity index (χ3n) is 20.1. The summed E-state index contributed by atoms with van der Waals surface area (Å²) in [6.07, 6.45) is 20.2. The lowest BCUT2D eigenvalue weighted by Gasteiger charge is -2.26.